The van der Waals surface area contributed by atoms with Gasteiger partial charge in [0.1, 0.15) is 11.8 Å². The van der Waals surface area contributed by atoms with Crippen molar-refractivity contribution < 1.29 is 23.1 Å². The molecule has 0 radical (unpaired) electrons. The van der Waals surface area contributed by atoms with Gasteiger partial charge < -0.3 is 9.84 Å². The number of hydrogen-bond donors (Lipinski definition) is 1. The highest BCUT2D eigenvalue weighted by molar-refractivity contribution is 7.92. The topological polar surface area (TPSA) is 100 Å². The maximum atomic E-state index is 13.6. The summed E-state index contributed by atoms with van der Waals surface area (Å²) in [7, 11) is -3.89. The lowest BCUT2D eigenvalue weighted by Crippen LogP contribution is -2.46. The Morgan fingerprint density at radius 2 is 1.97 bits per heavy atom. The number of benzene rings is 1. The van der Waals surface area contributed by atoms with Crippen molar-refractivity contribution in [1.82, 2.24) is 4.98 Å². The number of sulfonamides is 1. The molecule has 8 nitrogen and oxygen atoms in total. The molecule has 1 aliphatic heterocycles. The van der Waals surface area contributed by atoms with Crippen molar-refractivity contribution in [3.8, 4) is 5.88 Å². The van der Waals surface area contributed by atoms with Gasteiger partial charge in [0.05, 0.1) is 23.3 Å². The molecule has 1 aliphatic carbocycles. The van der Waals surface area contributed by atoms with Crippen LogP contribution in [0.25, 0.3) is 0 Å². The molecule has 2 aliphatic rings. The molecule has 0 bridgehead atoms. The molecule has 4 rings (SSSR count). The van der Waals surface area contributed by atoms with Crippen LogP contribution in [-0.2, 0) is 10.0 Å². The maximum Gasteiger partial charge on any atom is 0.412 e. The Hall–Kier alpha value is -2.81. The van der Waals surface area contributed by atoms with Crippen LogP contribution in [0.4, 0.5) is 16.2 Å². The quantitative estimate of drug-likeness (QED) is 0.756. The van der Waals surface area contributed by atoms with Gasteiger partial charge in [-0.05, 0) is 70.2 Å². The number of hydrogen-bond acceptors (Lipinski definition) is 5. The predicted molar refractivity (Wildman–Crippen MR) is 118 cm³/mol. The van der Waals surface area contributed by atoms with Crippen LogP contribution in [-0.4, -0.2) is 42.8 Å². The zero-order chi connectivity index (χ0) is 22.6. The predicted octanol–water partition coefficient (Wildman–Crippen LogP) is 4.22. The third-order valence-corrected chi connectivity index (χ3v) is 7.21. The first kappa shape index (κ1) is 21.4. The smallest absolute Gasteiger partial charge is 0.412 e. The standard InChI is InChI=1S/C22H27N3O5S/c1-14-13-24(31(28,29)18-7-5-6-16(10-18)15-8-9-15)19-11-17(12-23-20(19)30-14)25(21(26)27)22(2,3)4/h5-7,10-12,14-15H,8-9,13H2,1-4H3,(H,26,27). The minimum atomic E-state index is -3.89. The number of amides is 1. The summed E-state index contributed by atoms with van der Waals surface area (Å²) < 4.78 is 34.3. The Kier molecular flexibility index (Phi) is 5.12. The van der Waals surface area contributed by atoms with Gasteiger partial charge in [-0.2, -0.15) is 0 Å². The second-order valence-corrected chi connectivity index (χ2v) is 11.0. The summed E-state index contributed by atoms with van der Waals surface area (Å²) in [4.78, 5) is 17.6. The van der Waals surface area contributed by atoms with E-state index in [1.54, 1.807) is 45.9 Å². The van der Waals surface area contributed by atoms with Gasteiger partial charge in [-0.25, -0.2) is 18.2 Å². The largest absolute Gasteiger partial charge is 0.471 e. The van der Waals surface area contributed by atoms with E-state index in [4.69, 9.17) is 4.74 Å². The highest BCUT2D eigenvalue weighted by atomic mass is 32.2. The fraction of sp³-hybridized carbons (Fsp3) is 0.455. The second kappa shape index (κ2) is 7.40. The van der Waals surface area contributed by atoms with Crippen LogP contribution < -0.4 is 13.9 Å². The summed E-state index contributed by atoms with van der Waals surface area (Å²) >= 11 is 0. The van der Waals surface area contributed by atoms with Gasteiger partial charge in [0, 0.05) is 5.54 Å². The molecular formula is C22H27N3O5S. The molecule has 2 heterocycles. The van der Waals surface area contributed by atoms with Crippen LogP contribution in [0.1, 0.15) is 52.0 Å². The second-order valence-electron chi connectivity index (χ2n) is 9.12. The van der Waals surface area contributed by atoms with Crippen LogP contribution in [0.5, 0.6) is 5.88 Å². The average molecular weight is 446 g/mol. The molecule has 1 aromatic heterocycles. The summed E-state index contributed by atoms with van der Waals surface area (Å²) in [6.07, 6.45) is 2.00. The van der Waals surface area contributed by atoms with Crippen LogP contribution in [0.15, 0.2) is 41.4 Å². The van der Waals surface area contributed by atoms with Crippen molar-refractivity contribution in [1.29, 1.82) is 0 Å². The normalized spacial score (nSPS) is 18.8. The fourth-order valence-corrected chi connectivity index (χ4v) is 5.45. The van der Waals surface area contributed by atoms with Crippen molar-refractivity contribution in [2.75, 3.05) is 15.7 Å². The number of rotatable bonds is 4. The molecule has 0 saturated heterocycles. The van der Waals surface area contributed by atoms with Gasteiger partial charge in [-0.1, -0.05) is 12.1 Å². The molecule has 1 fully saturated rings. The van der Waals surface area contributed by atoms with Crippen molar-refractivity contribution in [2.24, 2.45) is 0 Å². The monoisotopic (exact) mass is 445 g/mol. The van der Waals surface area contributed by atoms with E-state index in [1.165, 1.54) is 16.6 Å². The summed E-state index contributed by atoms with van der Waals surface area (Å²) in [6.45, 7) is 7.17. The first-order valence-corrected chi connectivity index (χ1v) is 11.7. The zero-order valence-electron chi connectivity index (χ0n) is 18.1. The average Bonchev–Trinajstić information content (AvgIpc) is 3.51. The molecule has 9 heteroatoms. The van der Waals surface area contributed by atoms with Gasteiger partial charge in [-0.3, -0.25) is 9.21 Å². The lowest BCUT2D eigenvalue weighted by atomic mass is 10.1. The molecule has 2 aromatic rings. The molecule has 1 N–H and O–H groups in total. The fourth-order valence-electron chi connectivity index (χ4n) is 3.87. The van der Waals surface area contributed by atoms with E-state index in [-0.39, 0.29) is 28.7 Å². The van der Waals surface area contributed by atoms with Gasteiger partial charge in [-0.15, -0.1) is 0 Å². The molecule has 1 amide bonds. The third-order valence-electron chi connectivity index (χ3n) is 5.44. The molecular weight excluding hydrogens is 418 g/mol. The van der Waals surface area contributed by atoms with E-state index in [9.17, 15) is 18.3 Å². The molecule has 31 heavy (non-hydrogen) atoms. The highest BCUT2D eigenvalue weighted by Gasteiger charge is 2.37. The first-order chi connectivity index (χ1) is 14.5. The number of pyridine rings is 1. The highest BCUT2D eigenvalue weighted by Crippen LogP contribution is 2.42. The number of nitrogens with zero attached hydrogens (tertiary/aromatic N) is 3. The Labute approximate surface area is 182 Å². The molecule has 1 aromatic carbocycles. The van der Waals surface area contributed by atoms with E-state index in [2.05, 4.69) is 4.98 Å². The van der Waals surface area contributed by atoms with Crippen LogP contribution in [0, 0.1) is 0 Å². The van der Waals surface area contributed by atoms with Crippen LogP contribution in [0.3, 0.4) is 0 Å². The number of fused-ring (bicyclic) bond motifs is 1. The molecule has 0 spiro atoms. The van der Waals surface area contributed by atoms with E-state index in [0.29, 0.717) is 5.92 Å². The van der Waals surface area contributed by atoms with Crippen molar-refractivity contribution in [3.63, 3.8) is 0 Å². The molecule has 166 valence electrons. The van der Waals surface area contributed by atoms with Crippen molar-refractivity contribution in [2.45, 2.75) is 63.0 Å². The summed E-state index contributed by atoms with van der Waals surface area (Å²) in [5.41, 5.74) is 0.804. The molecule has 1 atom stereocenters. The van der Waals surface area contributed by atoms with Gasteiger partial charge in [0.25, 0.3) is 10.0 Å². The number of aromatic nitrogens is 1. The first-order valence-electron chi connectivity index (χ1n) is 10.3. The Balaban J connectivity index is 1.80. The van der Waals surface area contributed by atoms with Crippen LogP contribution >= 0.6 is 0 Å². The Morgan fingerprint density at radius 1 is 1.26 bits per heavy atom. The third kappa shape index (κ3) is 4.06. The summed E-state index contributed by atoms with van der Waals surface area (Å²) in [6, 6.07) is 8.59. The lowest BCUT2D eigenvalue weighted by molar-refractivity contribution is 0.195. The SMILES string of the molecule is CC1CN(S(=O)(=O)c2cccc(C3CC3)c2)c2cc(N(C(=O)O)C(C)(C)C)cnc2O1. The molecule has 1 unspecified atom stereocenters. The van der Waals surface area contributed by atoms with Gasteiger partial charge in [0.2, 0.25) is 5.88 Å². The number of anilines is 2. The van der Waals surface area contributed by atoms with E-state index >= 15 is 0 Å². The Morgan fingerprint density at radius 3 is 2.58 bits per heavy atom. The lowest BCUT2D eigenvalue weighted by Gasteiger charge is -2.36. The minimum Gasteiger partial charge on any atom is -0.471 e. The van der Waals surface area contributed by atoms with E-state index in [1.807, 2.05) is 6.07 Å². The Bertz CT molecular complexity index is 1120. The van der Waals surface area contributed by atoms with Crippen molar-refractivity contribution in [3.05, 3.63) is 42.1 Å². The minimum absolute atomic E-state index is 0.108. The number of carbonyl (C=O) groups is 1. The maximum absolute atomic E-state index is 13.6. The number of ether oxygens (including phenoxy) is 1. The van der Waals surface area contributed by atoms with Crippen molar-refractivity contribution >= 4 is 27.5 Å². The van der Waals surface area contributed by atoms with E-state index < -0.39 is 27.8 Å². The zero-order valence-corrected chi connectivity index (χ0v) is 18.9. The summed E-state index contributed by atoms with van der Waals surface area (Å²) in [5, 5.41) is 9.74. The van der Waals surface area contributed by atoms with Gasteiger partial charge in [0.15, 0.2) is 0 Å². The van der Waals surface area contributed by atoms with Gasteiger partial charge >= 0.3 is 6.09 Å². The molecule has 1 saturated carbocycles. The van der Waals surface area contributed by atoms with E-state index in [0.717, 1.165) is 23.3 Å². The summed E-state index contributed by atoms with van der Waals surface area (Å²) in [5.74, 6) is 0.596. The van der Waals surface area contributed by atoms with Crippen LogP contribution in [0.2, 0.25) is 0 Å². The number of carboxylic acid groups (broad SMARTS) is 1.